The molecule has 0 atom stereocenters. The van der Waals surface area contributed by atoms with Gasteiger partial charge in [-0.05, 0) is 44.5 Å². The topological polar surface area (TPSA) is 75.4 Å². The molecule has 1 aliphatic rings. The second-order valence-electron chi connectivity index (χ2n) is 6.59. The Morgan fingerprint density at radius 1 is 1.04 bits per heavy atom. The normalized spacial score (nSPS) is 13.3. The van der Waals surface area contributed by atoms with Gasteiger partial charge in [-0.25, -0.2) is 13.1 Å². The molecule has 146 valence electrons. The smallest absolute Gasteiger partial charge is 0.245 e. The van der Waals surface area contributed by atoms with E-state index in [9.17, 15) is 8.42 Å². The Morgan fingerprint density at radius 3 is 2.21 bits per heavy atom. The number of nitrogens with zero attached hydrogens (tertiary/aromatic N) is 2. The van der Waals surface area contributed by atoms with Gasteiger partial charge in [0.2, 0.25) is 10.0 Å². The lowest BCUT2D eigenvalue weighted by atomic mass is 10.2. The van der Waals surface area contributed by atoms with E-state index < -0.39 is 10.0 Å². The Labute approximate surface area is 169 Å². The second-order valence-corrected chi connectivity index (χ2v) is 9.38. The van der Waals surface area contributed by atoms with Crippen LogP contribution in [0.2, 0.25) is 0 Å². The Kier molecular flexibility index (Phi) is 5.18. The maximum atomic E-state index is 12.6. The maximum absolute atomic E-state index is 12.6. The monoisotopic (exact) mass is 415 g/mol. The zero-order chi connectivity index (χ0) is 19.7. The molecule has 8 heteroatoms. The summed E-state index contributed by atoms with van der Waals surface area (Å²) in [6, 6.07) is 16.6. The molecule has 6 nitrogen and oxygen atoms in total. The highest BCUT2D eigenvalue weighted by Gasteiger charge is 2.25. The Hall–Kier alpha value is -2.29. The summed E-state index contributed by atoms with van der Waals surface area (Å²) in [7, 11) is -3.63. The van der Waals surface area contributed by atoms with E-state index >= 15 is 0 Å². The van der Waals surface area contributed by atoms with Gasteiger partial charge in [0.05, 0.1) is 11.4 Å². The first-order chi connectivity index (χ1) is 13.5. The molecule has 28 heavy (non-hydrogen) atoms. The molecule has 4 rings (SSSR count). The minimum absolute atomic E-state index is 0.137. The average molecular weight is 416 g/mol. The number of fused-ring (bicyclic) bond motifs is 2. The summed E-state index contributed by atoms with van der Waals surface area (Å²) in [6.07, 6.45) is 0.663. The lowest BCUT2D eigenvalue weighted by molar-refractivity contribution is 0.390. The number of rotatable bonds is 6. The first-order valence-electron chi connectivity index (χ1n) is 9.03. The van der Waals surface area contributed by atoms with Crippen LogP contribution in [0.4, 0.5) is 11.4 Å². The van der Waals surface area contributed by atoms with Gasteiger partial charge in [-0.15, -0.1) is 0 Å². The van der Waals surface area contributed by atoms with Gasteiger partial charge in [0.15, 0.2) is 5.76 Å². The molecule has 1 N–H and O–H groups in total. The highest BCUT2D eigenvalue weighted by atomic mass is 32.2. The van der Waals surface area contributed by atoms with Gasteiger partial charge >= 0.3 is 0 Å². The number of hydrogen-bond acceptors (Lipinski definition) is 6. The van der Waals surface area contributed by atoms with Gasteiger partial charge in [0.1, 0.15) is 10.6 Å². The third kappa shape index (κ3) is 3.55. The van der Waals surface area contributed by atoms with Crippen LogP contribution in [0.15, 0.2) is 67.7 Å². The molecule has 0 saturated heterocycles. The van der Waals surface area contributed by atoms with Crippen molar-refractivity contribution in [3.63, 3.8) is 0 Å². The zero-order valence-corrected chi connectivity index (χ0v) is 17.3. The van der Waals surface area contributed by atoms with Crippen LogP contribution in [0.3, 0.4) is 0 Å². The van der Waals surface area contributed by atoms with E-state index in [1.54, 1.807) is 25.6 Å². The van der Waals surface area contributed by atoms with Gasteiger partial charge in [-0.3, -0.25) is 0 Å². The van der Waals surface area contributed by atoms with E-state index in [0.29, 0.717) is 31.0 Å². The Morgan fingerprint density at radius 2 is 1.64 bits per heavy atom. The van der Waals surface area contributed by atoms with Crippen molar-refractivity contribution in [2.75, 3.05) is 18.0 Å². The van der Waals surface area contributed by atoms with Gasteiger partial charge in [-0.2, -0.15) is 0 Å². The first-order valence-corrected chi connectivity index (χ1v) is 11.3. The summed E-state index contributed by atoms with van der Waals surface area (Å²) in [5, 5.41) is 3.73. The first kappa shape index (κ1) is 19.0. The summed E-state index contributed by atoms with van der Waals surface area (Å²) < 4.78 is 32.8. The van der Waals surface area contributed by atoms with Crippen molar-refractivity contribution >= 4 is 33.2 Å². The van der Waals surface area contributed by atoms with Crippen LogP contribution < -0.4 is 9.62 Å². The standard InChI is InChI=1S/C20H21N3O3S2/c1-14-20(15(2)26-22-14)28(24,25)21-12-7-13-23-16-8-3-5-10-18(16)27-19-11-6-4-9-17(19)23/h3-6,8-11,21H,7,12-13H2,1-2H3. The average Bonchev–Trinajstić information content (AvgIpc) is 3.03. The fourth-order valence-corrected chi connectivity index (χ4v) is 5.89. The number of sulfonamides is 1. The molecule has 2 heterocycles. The zero-order valence-electron chi connectivity index (χ0n) is 15.7. The summed E-state index contributed by atoms with van der Waals surface area (Å²) in [5.41, 5.74) is 2.68. The molecule has 3 aromatic rings. The molecule has 1 aromatic heterocycles. The van der Waals surface area contributed by atoms with E-state index in [4.69, 9.17) is 4.52 Å². The van der Waals surface area contributed by atoms with E-state index in [0.717, 1.165) is 11.4 Å². The van der Waals surface area contributed by atoms with Crippen LogP contribution in [0.5, 0.6) is 0 Å². The number of para-hydroxylation sites is 2. The molecular weight excluding hydrogens is 394 g/mol. The van der Waals surface area contributed by atoms with E-state index in [2.05, 4.69) is 39.0 Å². The van der Waals surface area contributed by atoms with Crippen LogP contribution in [-0.2, 0) is 10.0 Å². The minimum Gasteiger partial charge on any atom is -0.360 e. The fraction of sp³-hybridized carbons (Fsp3) is 0.250. The number of hydrogen-bond donors (Lipinski definition) is 1. The van der Waals surface area contributed by atoms with Gasteiger partial charge in [-0.1, -0.05) is 41.2 Å². The fourth-order valence-electron chi connectivity index (χ4n) is 3.40. The van der Waals surface area contributed by atoms with Crippen molar-refractivity contribution in [2.45, 2.75) is 35.0 Å². The van der Waals surface area contributed by atoms with Gasteiger partial charge in [0.25, 0.3) is 0 Å². The Balaban J connectivity index is 1.47. The molecular formula is C20H21N3O3S2. The summed E-state index contributed by atoms with van der Waals surface area (Å²) in [5.74, 6) is 0.306. The van der Waals surface area contributed by atoms with Crippen LogP contribution in [-0.4, -0.2) is 26.7 Å². The van der Waals surface area contributed by atoms with Crippen molar-refractivity contribution in [1.29, 1.82) is 0 Å². The summed E-state index contributed by atoms with van der Waals surface area (Å²) >= 11 is 1.76. The van der Waals surface area contributed by atoms with Crippen LogP contribution in [0, 0.1) is 13.8 Å². The van der Waals surface area contributed by atoms with Crippen molar-refractivity contribution in [3.8, 4) is 0 Å². The molecule has 0 radical (unpaired) electrons. The lowest BCUT2D eigenvalue weighted by Crippen LogP contribution is -2.29. The van der Waals surface area contributed by atoms with Crippen molar-refractivity contribution < 1.29 is 12.9 Å². The third-order valence-electron chi connectivity index (χ3n) is 4.62. The maximum Gasteiger partial charge on any atom is 0.245 e. The molecule has 0 saturated carbocycles. The molecule has 0 fully saturated rings. The highest BCUT2D eigenvalue weighted by molar-refractivity contribution is 7.99. The van der Waals surface area contributed by atoms with Crippen molar-refractivity contribution in [3.05, 3.63) is 60.0 Å². The van der Waals surface area contributed by atoms with Crippen LogP contribution in [0.1, 0.15) is 17.9 Å². The predicted octanol–water partition coefficient (Wildman–Crippen LogP) is 4.26. The number of nitrogens with one attached hydrogen (secondary N) is 1. The van der Waals surface area contributed by atoms with Gasteiger partial charge < -0.3 is 9.42 Å². The molecule has 0 aliphatic carbocycles. The molecule has 0 spiro atoms. The van der Waals surface area contributed by atoms with Crippen molar-refractivity contribution in [1.82, 2.24) is 9.88 Å². The van der Waals surface area contributed by atoms with Crippen molar-refractivity contribution in [2.24, 2.45) is 0 Å². The van der Waals surface area contributed by atoms with E-state index in [-0.39, 0.29) is 4.90 Å². The van der Waals surface area contributed by atoms with Crippen LogP contribution in [0.25, 0.3) is 0 Å². The largest absolute Gasteiger partial charge is 0.360 e. The quantitative estimate of drug-likeness (QED) is 0.606. The summed E-state index contributed by atoms with van der Waals surface area (Å²) in [4.78, 5) is 4.80. The molecule has 0 bridgehead atoms. The lowest BCUT2D eigenvalue weighted by Gasteiger charge is -2.32. The van der Waals surface area contributed by atoms with E-state index in [1.807, 2.05) is 24.3 Å². The highest BCUT2D eigenvalue weighted by Crippen LogP contribution is 2.47. The second kappa shape index (κ2) is 7.62. The molecule has 0 amide bonds. The molecule has 1 aliphatic heterocycles. The number of anilines is 2. The SMILES string of the molecule is Cc1noc(C)c1S(=O)(=O)NCCCN1c2ccccc2Sc2ccccc21. The number of aromatic nitrogens is 1. The predicted molar refractivity (Wildman–Crippen MR) is 110 cm³/mol. The number of aryl methyl sites for hydroxylation is 2. The Bertz CT molecular complexity index is 1040. The number of benzene rings is 2. The van der Waals surface area contributed by atoms with Crippen LogP contribution >= 0.6 is 11.8 Å². The third-order valence-corrected chi connectivity index (χ3v) is 7.45. The van der Waals surface area contributed by atoms with E-state index in [1.165, 1.54) is 9.79 Å². The molecule has 2 aromatic carbocycles. The minimum atomic E-state index is -3.63. The summed E-state index contributed by atoms with van der Waals surface area (Å²) in [6.45, 7) is 4.28. The van der Waals surface area contributed by atoms with Gasteiger partial charge in [0, 0.05) is 22.9 Å². The molecule has 0 unspecified atom stereocenters.